The molecule has 0 bridgehead atoms. The van der Waals surface area contributed by atoms with Gasteiger partial charge in [-0.25, -0.2) is 8.78 Å². The number of benzene rings is 1. The van der Waals surface area contributed by atoms with Crippen LogP contribution in [0.1, 0.15) is 25.0 Å². The van der Waals surface area contributed by atoms with E-state index in [4.69, 9.17) is 5.26 Å². The maximum Gasteiger partial charge on any atom is 0.131 e. The van der Waals surface area contributed by atoms with Crippen LogP contribution < -0.4 is 0 Å². The van der Waals surface area contributed by atoms with Gasteiger partial charge in [-0.2, -0.15) is 5.26 Å². The largest absolute Gasteiger partial charge is 0.207 e. The molecule has 0 aromatic heterocycles. The van der Waals surface area contributed by atoms with E-state index in [0.717, 1.165) is 0 Å². The lowest BCUT2D eigenvalue weighted by molar-refractivity contribution is 0.508. The summed E-state index contributed by atoms with van der Waals surface area (Å²) in [7, 11) is 0. The molecular formula is C11H11F2N. The number of hydrogen-bond acceptors (Lipinski definition) is 1. The van der Waals surface area contributed by atoms with Crippen LogP contribution in [0, 0.1) is 29.9 Å². The average Bonchev–Trinajstić information content (AvgIpc) is 2.01. The molecule has 0 unspecified atom stereocenters. The van der Waals surface area contributed by atoms with Gasteiger partial charge < -0.3 is 0 Å². The van der Waals surface area contributed by atoms with Crippen LogP contribution in [0.4, 0.5) is 8.78 Å². The molecule has 1 aromatic carbocycles. The smallest absolute Gasteiger partial charge is 0.131 e. The summed E-state index contributed by atoms with van der Waals surface area (Å²) >= 11 is 0. The Hall–Kier alpha value is -1.43. The zero-order valence-corrected chi connectivity index (χ0v) is 8.36. The third kappa shape index (κ3) is 1.74. The Balaban J connectivity index is 3.44. The molecule has 0 aliphatic heterocycles. The van der Waals surface area contributed by atoms with E-state index in [0.29, 0.717) is 5.56 Å². The Bertz CT molecular complexity index is 379. The zero-order valence-electron chi connectivity index (χ0n) is 8.36. The SMILES string of the molecule is Cc1cc(F)c(C(C)(C)C#N)c(F)c1. The van der Waals surface area contributed by atoms with Crippen LogP contribution in [0.25, 0.3) is 0 Å². The van der Waals surface area contributed by atoms with E-state index in [2.05, 4.69) is 0 Å². The van der Waals surface area contributed by atoms with E-state index in [-0.39, 0.29) is 5.56 Å². The Morgan fingerprint density at radius 2 is 1.64 bits per heavy atom. The average molecular weight is 195 g/mol. The molecule has 1 aromatic rings. The van der Waals surface area contributed by atoms with Crippen molar-refractivity contribution in [2.75, 3.05) is 0 Å². The van der Waals surface area contributed by atoms with Gasteiger partial charge in [0.05, 0.1) is 11.5 Å². The van der Waals surface area contributed by atoms with Crippen LogP contribution in [0.5, 0.6) is 0 Å². The van der Waals surface area contributed by atoms with Crippen molar-refractivity contribution < 1.29 is 8.78 Å². The molecule has 0 saturated carbocycles. The number of rotatable bonds is 1. The van der Waals surface area contributed by atoms with Crippen molar-refractivity contribution >= 4 is 0 Å². The van der Waals surface area contributed by atoms with Gasteiger partial charge in [0.1, 0.15) is 11.6 Å². The van der Waals surface area contributed by atoms with Crippen LogP contribution in [0.2, 0.25) is 0 Å². The fourth-order valence-corrected chi connectivity index (χ4v) is 1.35. The second-order valence-corrected chi connectivity index (χ2v) is 3.84. The topological polar surface area (TPSA) is 23.8 Å². The highest BCUT2D eigenvalue weighted by atomic mass is 19.1. The van der Waals surface area contributed by atoms with E-state index in [9.17, 15) is 8.78 Å². The number of hydrogen-bond donors (Lipinski definition) is 0. The fraction of sp³-hybridized carbons (Fsp3) is 0.364. The number of aryl methyl sites for hydroxylation is 1. The third-order valence-corrected chi connectivity index (χ3v) is 2.09. The summed E-state index contributed by atoms with van der Waals surface area (Å²) in [5.74, 6) is -1.32. The second kappa shape index (κ2) is 3.38. The predicted octanol–water partition coefficient (Wildman–Crippen LogP) is 3.07. The maximum atomic E-state index is 13.4. The van der Waals surface area contributed by atoms with E-state index in [1.165, 1.54) is 26.0 Å². The molecule has 0 fully saturated rings. The lowest BCUT2D eigenvalue weighted by Crippen LogP contribution is -2.18. The summed E-state index contributed by atoms with van der Waals surface area (Å²) in [6.07, 6.45) is 0. The molecule has 1 rings (SSSR count). The minimum atomic E-state index is -1.14. The molecule has 0 atom stereocenters. The van der Waals surface area contributed by atoms with Gasteiger partial charge in [0, 0.05) is 5.56 Å². The van der Waals surface area contributed by atoms with Crippen molar-refractivity contribution in [3.05, 3.63) is 34.9 Å². The molecular weight excluding hydrogens is 184 g/mol. The highest BCUT2D eigenvalue weighted by molar-refractivity contribution is 5.35. The third-order valence-electron chi connectivity index (χ3n) is 2.09. The van der Waals surface area contributed by atoms with E-state index in [1.807, 2.05) is 6.07 Å². The molecule has 3 heteroatoms. The normalized spacial score (nSPS) is 11.1. The van der Waals surface area contributed by atoms with Gasteiger partial charge in [-0.3, -0.25) is 0 Å². The second-order valence-electron chi connectivity index (χ2n) is 3.84. The first-order valence-electron chi connectivity index (χ1n) is 4.26. The Kier molecular flexibility index (Phi) is 2.57. The standard InChI is InChI=1S/C11H11F2N/c1-7-4-8(12)10(9(13)5-7)11(2,3)6-14/h4-5H,1-3H3. The Labute approximate surface area is 82.0 Å². The van der Waals surface area contributed by atoms with E-state index in [1.54, 1.807) is 6.92 Å². The molecule has 1 nitrogen and oxygen atoms in total. The molecule has 0 saturated heterocycles. The molecule has 74 valence electrons. The minimum Gasteiger partial charge on any atom is -0.207 e. The van der Waals surface area contributed by atoms with Gasteiger partial charge in [-0.05, 0) is 38.5 Å². The molecule has 0 aliphatic carbocycles. The molecule has 0 heterocycles. The van der Waals surface area contributed by atoms with Crippen molar-refractivity contribution in [3.63, 3.8) is 0 Å². The molecule has 0 radical (unpaired) electrons. The van der Waals surface area contributed by atoms with Gasteiger partial charge in [-0.15, -0.1) is 0 Å². The highest BCUT2D eigenvalue weighted by Gasteiger charge is 2.27. The predicted molar refractivity (Wildman–Crippen MR) is 49.7 cm³/mol. The first-order valence-corrected chi connectivity index (χ1v) is 4.26. The highest BCUT2D eigenvalue weighted by Crippen LogP contribution is 2.28. The molecule has 14 heavy (non-hydrogen) atoms. The van der Waals surface area contributed by atoms with Crippen molar-refractivity contribution in [3.8, 4) is 6.07 Å². The molecule has 0 N–H and O–H groups in total. The lowest BCUT2D eigenvalue weighted by atomic mass is 9.85. The monoisotopic (exact) mass is 195 g/mol. The maximum absolute atomic E-state index is 13.4. The summed E-state index contributed by atoms with van der Waals surface area (Å²) in [6.45, 7) is 4.59. The van der Waals surface area contributed by atoms with Crippen LogP contribution in [0.3, 0.4) is 0 Å². The van der Waals surface area contributed by atoms with Crippen molar-refractivity contribution in [1.82, 2.24) is 0 Å². The van der Waals surface area contributed by atoms with Gasteiger partial charge in [0.15, 0.2) is 0 Å². The minimum absolute atomic E-state index is 0.161. The summed E-state index contributed by atoms with van der Waals surface area (Å²) < 4.78 is 26.8. The Morgan fingerprint density at radius 1 is 1.21 bits per heavy atom. The summed E-state index contributed by atoms with van der Waals surface area (Å²) in [6, 6.07) is 4.35. The first kappa shape index (κ1) is 10.6. The number of nitrogens with zero attached hydrogens (tertiary/aromatic N) is 1. The number of halogens is 2. The van der Waals surface area contributed by atoms with Crippen LogP contribution >= 0.6 is 0 Å². The number of nitriles is 1. The molecule has 0 spiro atoms. The van der Waals surface area contributed by atoms with Gasteiger partial charge in [0.2, 0.25) is 0 Å². The van der Waals surface area contributed by atoms with E-state index >= 15 is 0 Å². The quantitative estimate of drug-likeness (QED) is 0.675. The van der Waals surface area contributed by atoms with Crippen molar-refractivity contribution in [1.29, 1.82) is 5.26 Å². The summed E-state index contributed by atoms with van der Waals surface area (Å²) in [4.78, 5) is 0. The first-order chi connectivity index (χ1) is 6.38. The summed E-state index contributed by atoms with van der Waals surface area (Å²) in [5.41, 5.74) is -0.787. The van der Waals surface area contributed by atoms with Crippen molar-refractivity contribution in [2.24, 2.45) is 0 Å². The van der Waals surface area contributed by atoms with Crippen LogP contribution in [0.15, 0.2) is 12.1 Å². The Morgan fingerprint density at radius 3 is 2.00 bits per heavy atom. The van der Waals surface area contributed by atoms with Crippen LogP contribution in [-0.4, -0.2) is 0 Å². The zero-order chi connectivity index (χ0) is 10.9. The molecule has 0 aliphatic rings. The van der Waals surface area contributed by atoms with E-state index < -0.39 is 17.0 Å². The molecule has 0 amide bonds. The van der Waals surface area contributed by atoms with Crippen molar-refractivity contribution in [2.45, 2.75) is 26.2 Å². The summed E-state index contributed by atoms with van der Waals surface area (Å²) in [5, 5.41) is 8.78. The fourth-order valence-electron chi connectivity index (χ4n) is 1.35. The lowest BCUT2D eigenvalue weighted by Gasteiger charge is -2.17. The van der Waals surface area contributed by atoms with Gasteiger partial charge in [-0.1, -0.05) is 0 Å². The van der Waals surface area contributed by atoms with Gasteiger partial charge in [0.25, 0.3) is 0 Å². The van der Waals surface area contributed by atoms with Crippen LogP contribution in [-0.2, 0) is 5.41 Å². The van der Waals surface area contributed by atoms with Gasteiger partial charge >= 0.3 is 0 Å².